The maximum absolute atomic E-state index is 10.8. The lowest BCUT2D eigenvalue weighted by Gasteiger charge is -2.28. The van der Waals surface area contributed by atoms with E-state index in [0.717, 1.165) is 0 Å². The van der Waals surface area contributed by atoms with Gasteiger partial charge in [0.2, 0.25) is 0 Å². The Balaban J connectivity index is 4.47. The van der Waals surface area contributed by atoms with Crippen molar-refractivity contribution in [3.63, 3.8) is 0 Å². The van der Waals surface area contributed by atoms with Crippen molar-refractivity contribution in [1.29, 1.82) is 0 Å². The zero-order chi connectivity index (χ0) is 13.3. The monoisotopic (exact) mass is 282 g/mol. The minimum Gasteiger partial charge on any atom is -0.480 e. The van der Waals surface area contributed by atoms with E-state index in [-0.39, 0.29) is 0 Å². The second kappa shape index (κ2) is 8.93. The fourth-order valence-corrected chi connectivity index (χ4v) is 5.74. The van der Waals surface area contributed by atoms with Crippen LogP contribution in [0.2, 0.25) is 0 Å². The molecule has 0 bridgehead atoms. The van der Waals surface area contributed by atoms with E-state index in [0.29, 0.717) is 25.2 Å². The molecule has 0 aromatic heterocycles. The number of carboxylic acid groups (broad SMARTS) is 1. The van der Waals surface area contributed by atoms with Gasteiger partial charge in [0.25, 0.3) is 0 Å². The van der Waals surface area contributed by atoms with Gasteiger partial charge in [-0.3, -0.25) is 4.79 Å². The molecule has 0 heterocycles. The normalized spacial score (nSPS) is 13.6. The number of carbonyl (C=O) groups is 1. The molecule has 102 valence electrons. The zero-order valence-corrected chi connectivity index (χ0v) is 12.7. The van der Waals surface area contributed by atoms with E-state index < -0.39 is 20.0 Å². The molecular weight excluding hydrogens is 260 g/mol. The largest absolute Gasteiger partial charge is 0.511 e. The van der Waals surface area contributed by atoms with Gasteiger partial charge in [-0.15, -0.1) is 11.8 Å². The molecule has 0 aliphatic carbocycles. The van der Waals surface area contributed by atoms with Crippen LogP contribution in [-0.4, -0.2) is 50.3 Å². The summed E-state index contributed by atoms with van der Waals surface area (Å²) in [6.45, 7) is 8.81. The minimum atomic E-state index is -2.70. The molecule has 0 aliphatic heterocycles. The minimum absolute atomic E-state index is 0.468. The molecule has 7 heteroatoms. The van der Waals surface area contributed by atoms with E-state index in [9.17, 15) is 4.79 Å². The van der Waals surface area contributed by atoms with E-state index >= 15 is 0 Å². The highest BCUT2D eigenvalue weighted by Crippen LogP contribution is 2.20. The standard InChI is InChI=1S/C10H22O5SSi/c1-5-13-17(14-6-2,15-7-3)8-16-9(4)10(11)12/h9H,5-8H2,1-4H3,(H,11,12). The van der Waals surface area contributed by atoms with Crippen molar-refractivity contribution in [2.45, 2.75) is 32.9 Å². The summed E-state index contributed by atoms with van der Waals surface area (Å²) in [6.07, 6.45) is 0. The van der Waals surface area contributed by atoms with Gasteiger partial charge in [0.1, 0.15) is 0 Å². The topological polar surface area (TPSA) is 65.0 Å². The van der Waals surface area contributed by atoms with Crippen molar-refractivity contribution < 1.29 is 23.2 Å². The highest BCUT2D eigenvalue weighted by atomic mass is 32.2. The van der Waals surface area contributed by atoms with E-state index in [4.69, 9.17) is 18.4 Å². The Hall–Kier alpha value is -0.0831. The Morgan fingerprint density at radius 3 is 1.88 bits per heavy atom. The van der Waals surface area contributed by atoms with Gasteiger partial charge in [-0.25, -0.2) is 0 Å². The molecule has 17 heavy (non-hydrogen) atoms. The number of carboxylic acids is 1. The van der Waals surface area contributed by atoms with Crippen molar-refractivity contribution in [2.24, 2.45) is 0 Å². The first-order valence-electron chi connectivity index (χ1n) is 5.77. The van der Waals surface area contributed by atoms with Crippen LogP contribution in [-0.2, 0) is 18.1 Å². The summed E-state index contributed by atoms with van der Waals surface area (Å²) in [7, 11) is -2.70. The third-order valence-corrected chi connectivity index (χ3v) is 6.92. The fraction of sp³-hybridized carbons (Fsp3) is 0.900. The number of thioether (sulfide) groups is 1. The molecule has 1 N–H and O–H groups in total. The molecule has 5 nitrogen and oxygen atoms in total. The summed E-state index contributed by atoms with van der Waals surface area (Å²) < 4.78 is 16.9. The Bertz CT molecular complexity index is 210. The maximum Gasteiger partial charge on any atom is 0.511 e. The molecule has 0 radical (unpaired) electrons. The molecule has 0 amide bonds. The average Bonchev–Trinajstić information content (AvgIpc) is 2.27. The molecular formula is C10H22O5SSi. The molecule has 0 aliphatic rings. The summed E-state index contributed by atoms with van der Waals surface area (Å²) in [4.78, 5) is 10.8. The van der Waals surface area contributed by atoms with Crippen molar-refractivity contribution in [3.05, 3.63) is 0 Å². The Labute approximate surface area is 108 Å². The molecule has 0 saturated carbocycles. The summed E-state index contributed by atoms with van der Waals surface area (Å²) in [6, 6.07) is 0. The van der Waals surface area contributed by atoms with E-state index in [1.807, 2.05) is 20.8 Å². The first-order chi connectivity index (χ1) is 8.01. The third kappa shape index (κ3) is 6.42. The highest BCUT2D eigenvalue weighted by Gasteiger charge is 2.41. The molecule has 0 fully saturated rings. The number of hydrogen-bond acceptors (Lipinski definition) is 5. The second-order valence-electron chi connectivity index (χ2n) is 3.27. The first-order valence-corrected chi connectivity index (χ1v) is 8.75. The highest BCUT2D eigenvalue weighted by molar-refractivity contribution is 8.01. The lowest BCUT2D eigenvalue weighted by Crippen LogP contribution is -2.49. The predicted molar refractivity (Wildman–Crippen MR) is 70.2 cm³/mol. The Morgan fingerprint density at radius 2 is 1.59 bits per heavy atom. The first kappa shape index (κ1) is 16.9. The zero-order valence-electron chi connectivity index (χ0n) is 10.9. The molecule has 0 rings (SSSR count). The van der Waals surface area contributed by atoms with Crippen LogP contribution < -0.4 is 0 Å². The average molecular weight is 282 g/mol. The SMILES string of the molecule is CCO[Si](CSC(C)C(=O)O)(OCC)OCC. The van der Waals surface area contributed by atoms with Crippen molar-refractivity contribution >= 4 is 26.5 Å². The number of rotatable bonds is 10. The van der Waals surface area contributed by atoms with Gasteiger partial charge in [0.05, 0.1) is 10.6 Å². The summed E-state index contributed by atoms with van der Waals surface area (Å²) in [5, 5.41) is 8.83. The van der Waals surface area contributed by atoms with Crippen LogP contribution in [0.5, 0.6) is 0 Å². The summed E-state index contributed by atoms with van der Waals surface area (Å²) in [5.41, 5.74) is 0. The Morgan fingerprint density at radius 1 is 1.18 bits per heavy atom. The van der Waals surface area contributed by atoms with Gasteiger partial charge in [0, 0.05) is 19.8 Å². The van der Waals surface area contributed by atoms with Gasteiger partial charge in [-0.1, -0.05) is 0 Å². The van der Waals surface area contributed by atoms with Crippen LogP contribution in [0.15, 0.2) is 0 Å². The van der Waals surface area contributed by atoms with Crippen molar-refractivity contribution in [3.8, 4) is 0 Å². The van der Waals surface area contributed by atoms with E-state index in [1.165, 1.54) is 11.8 Å². The number of aliphatic carboxylic acids is 1. The van der Waals surface area contributed by atoms with Gasteiger partial charge in [0.15, 0.2) is 0 Å². The molecule has 0 saturated heterocycles. The van der Waals surface area contributed by atoms with Gasteiger partial charge < -0.3 is 18.4 Å². The van der Waals surface area contributed by atoms with Gasteiger partial charge in [-0.05, 0) is 27.7 Å². The summed E-state index contributed by atoms with van der Waals surface area (Å²) >= 11 is 1.30. The fourth-order valence-electron chi connectivity index (χ4n) is 1.21. The Kier molecular flexibility index (Phi) is 8.88. The van der Waals surface area contributed by atoms with Crippen LogP contribution in [0.25, 0.3) is 0 Å². The molecule has 0 aromatic rings. The lowest BCUT2D eigenvalue weighted by molar-refractivity contribution is -0.136. The quantitative estimate of drug-likeness (QED) is 0.616. The van der Waals surface area contributed by atoms with E-state index in [1.54, 1.807) is 6.92 Å². The van der Waals surface area contributed by atoms with Crippen LogP contribution in [0, 0.1) is 0 Å². The smallest absolute Gasteiger partial charge is 0.480 e. The number of hydrogen-bond donors (Lipinski definition) is 1. The molecule has 0 spiro atoms. The van der Waals surface area contributed by atoms with Gasteiger partial charge in [-0.2, -0.15) is 0 Å². The van der Waals surface area contributed by atoms with Gasteiger partial charge >= 0.3 is 14.8 Å². The van der Waals surface area contributed by atoms with E-state index in [2.05, 4.69) is 0 Å². The third-order valence-electron chi connectivity index (χ3n) is 1.95. The summed E-state index contributed by atoms with van der Waals surface area (Å²) in [5.74, 6) is -0.831. The van der Waals surface area contributed by atoms with Crippen LogP contribution in [0.4, 0.5) is 0 Å². The van der Waals surface area contributed by atoms with Crippen molar-refractivity contribution in [1.82, 2.24) is 0 Å². The maximum atomic E-state index is 10.8. The van der Waals surface area contributed by atoms with Crippen LogP contribution in [0.3, 0.4) is 0 Å². The van der Waals surface area contributed by atoms with Crippen LogP contribution >= 0.6 is 11.8 Å². The lowest BCUT2D eigenvalue weighted by atomic mass is 10.5. The molecule has 0 aromatic carbocycles. The predicted octanol–water partition coefficient (Wildman–Crippen LogP) is 1.78. The molecule has 1 atom stereocenters. The van der Waals surface area contributed by atoms with Crippen LogP contribution in [0.1, 0.15) is 27.7 Å². The van der Waals surface area contributed by atoms with Crippen molar-refractivity contribution in [2.75, 3.05) is 25.2 Å². The second-order valence-corrected chi connectivity index (χ2v) is 7.70. The molecule has 1 unspecified atom stereocenters.